The van der Waals surface area contributed by atoms with Crippen LogP contribution in [0.3, 0.4) is 0 Å². The number of fused-ring (bicyclic) bond motifs is 1. The molecule has 0 saturated carbocycles. The zero-order valence-electron chi connectivity index (χ0n) is 11.3. The van der Waals surface area contributed by atoms with Gasteiger partial charge in [-0.05, 0) is 42.0 Å². The number of anilines is 1. The Bertz CT molecular complexity index is 761. The molecule has 2 aromatic carbocycles. The standard InChI is InChI=1S/C16H11F2NO3/c17-10-2-1-3-12(8-10)19-15(20)14-7-9-6-11(18)4-5-13(9)16(21)22-14/h1-6,8,14H,7H2,(H,19,20). The van der Waals surface area contributed by atoms with E-state index >= 15 is 0 Å². The van der Waals surface area contributed by atoms with Crippen molar-refractivity contribution in [1.82, 2.24) is 0 Å². The van der Waals surface area contributed by atoms with Crippen LogP contribution in [0.1, 0.15) is 15.9 Å². The maximum absolute atomic E-state index is 13.2. The Labute approximate surface area is 124 Å². The first-order valence-corrected chi connectivity index (χ1v) is 6.59. The Morgan fingerprint density at radius 1 is 1.14 bits per heavy atom. The summed E-state index contributed by atoms with van der Waals surface area (Å²) in [5, 5.41) is 2.47. The highest BCUT2D eigenvalue weighted by atomic mass is 19.1. The van der Waals surface area contributed by atoms with Crippen LogP contribution in [0.15, 0.2) is 42.5 Å². The van der Waals surface area contributed by atoms with E-state index in [1.807, 2.05) is 0 Å². The average Bonchev–Trinajstić information content (AvgIpc) is 2.46. The molecule has 0 fully saturated rings. The molecule has 1 amide bonds. The molecule has 4 nitrogen and oxygen atoms in total. The predicted molar refractivity (Wildman–Crippen MR) is 74.3 cm³/mol. The molecular formula is C16H11F2NO3. The number of esters is 1. The number of ether oxygens (including phenoxy) is 1. The normalized spacial score (nSPS) is 16.6. The molecule has 1 aliphatic heterocycles. The second kappa shape index (κ2) is 5.55. The largest absolute Gasteiger partial charge is 0.448 e. The predicted octanol–water partition coefficient (Wildman–Crippen LogP) is 2.69. The third-order valence-electron chi connectivity index (χ3n) is 3.33. The van der Waals surface area contributed by atoms with Crippen LogP contribution in [-0.2, 0) is 16.0 Å². The number of carbonyl (C=O) groups excluding carboxylic acids is 2. The molecule has 1 heterocycles. The van der Waals surface area contributed by atoms with Crippen molar-refractivity contribution in [3.63, 3.8) is 0 Å². The smallest absolute Gasteiger partial charge is 0.339 e. The zero-order valence-corrected chi connectivity index (χ0v) is 11.3. The van der Waals surface area contributed by atoms with E-state index in [0.717, 1.165) is 12.1 Å². The summed E-state index contributed by atoms with van der Waals surface area (Å²) in [5.74, 6) is -2.25. The van der Waals surface area contributed by atoms with Crippen LogP contribution in [0.25, 0.3) is 0 Å². The highest BCUT2D eigenvalue weighted by Crippen LogP contribution is 2.22. The summed E-state index contributed by atoms with van der Waals surface area (Å²) in [4.78, 5) is 23.9. The van der Waals surface area contributed by atoms with E-state index in [4.69, 9.17) is 4.74 Å². The van der Waals surface area contributed by atoms with Crippen molar-refractivity contribution in [3.8, 4) is 0 Å². The number of hydrogen-bond acceptors (Lipinski definition) is 3. The summed E-state index contributed by atoms with van der Waals surface area (Å²) in [6, 6.07) is 9.05. The van der Waals surface area contributed by atoms with Gasteiger partial charge in [0.15, 0.2) is 6.10 Å². The van der Waals surface area contributed by atoms with Gasteiger partial charge < -0.3 is 10.1 Å². The van der Waals surface area contributed by atoms with Crippen molar-refractivity contribution in [3.05, 3.63) is 65.2 Å². The summed E-state index contributed by atoms with van der Waals surface area (Å²) in [5.41, 5.74) is 0.915. The Balaban J connectivity index is 1.79. The quantitative estimate of drug-likeness (QED) is 0.868. The molecule has 3 rings (SSSR count). The van der Waals surface area contributed by atoms with Crippen molar-refractivity contribution < 1.29 is 23.1 Å². The minimum Gasteiger partial charge on any atom is -0.448 e. The average molecular weight is 303 g/mol. The second-order valence-corrected chi connectivity index (χ2v) is 4.90. The van der Waals surface area contributed by atoms with Crippen LogP contribution in [0, 0.1) is 11.6 Å². The highest BCUT2D eigenvalue weighted by Gasteiger charge is 2.31. The van der Waals surface area contributed by atoms with Gasteiger partial charge in [-0.25, -0.2) is 13.6 Å². The number of benzene rings is 2. The number of amides is 1. The highest BCUT2D eigenvalue weighted by molar-refractivity contribution is 6.00. The molecule has 0 aliphatic carbocycles. The molecule has 0 bridgehead atoms. The second-order valence-electron chi connectivity index (χ2n) is 4.90. The van der Waals surface area contributed by atoms with Crippen molar-refractivity contribution in [1.29, 1.82) is 0 Å². The number of rotatable bonds is 2. The van der Waals surface area contributed by atoms with Gasteiger partial charge in [0.05, 0.1) is 5.56 Å². The number of nitrogens with one attached hydrogen (secondary N) is 1. The van der Waals surface area contributed by atoms with Crippen molar-refractivity contribution in [2.75, 3.05) is 5.32 Å². The third kappa shape index (κ3) is 2.81. The van der Waals surface area contributed by atoms with E-state index in [-0.39, 0.29) is 17.7 Å². The molecule has 1 N–H and O–H groups in total. The first-order valence-electron chi connectivity index (χ1n) is 6.59. The number of carbonyl (C=O) groups is 2. The molecule has 0 spiro atoms. The lowest BCUT2D eigenvalue weighted by Crippen LogP contribution is -2.38. The third-order valence-corrected chi connectivity index (χ3v) is 3.33. The molecule has 0 radical (unpaired) electrons. The fourth-order valence-corrected chi connectivity index (χ4v) is 2.30. The molecule has 6 heteroatoms. The molecular weight excluding hydrogens is 292 g/mol. The maximum Gasteiger partial charge on any atom is 0.339 e. The Kier molecular flexibility index (Phi) is 3.58. The van der Waals surface area contributed by atoms with Gasteiger partial charge >= 0.3 is 5.97 Å². The first-order chi connectivity index (χ1) is 10.5. The summed E-state index contributed by atoms with van der Waals surface area (Å²) in [6.45, 7) is 0. The lowest BCUT2D eigenvalue weighted by Gasteiger charge is -2.23. The van der Waals surface area contributed by atoms with Gasteiger partial charge in [-0.3, -0.25) is 4.79 Å². The van der Waals surface area contributed by atoms with Gasteiger partial charge in [0.2, 0.25) is 0 Å². The Morgan fingerprint density at radius 3 is 2.68 bits per heavy atom. The molecule has 22 heavy (non-hydrogen) atoms. The summed E-state index contributed by atoms with van der Waals surface area (Å²) in [7, 11) is 0. The van der Waals surface area contributed by atoms with Crippen molar-refractivity contribution >= 4 is 17.6 Å². The molecule has 1 unspecified atom stereocenters. The van der Waals surface area contributed by atoms with Gasteiger partial charge in [-0.15, -0.1) is 0 Å². The molecule has 0 saturated heterocycles. The molecule has 1 atom stereocenters. The van der Waals surface area contributed by atoms with E-state index in [1.165, 1.54) is 30.3 Å². The van der Waals surface area contributed by atoms with Crippen LogP contribution in [0.2, 0.25) is 0 Å². The Morgan fingerprint density at radius 2 is 1.91 bits per heavy atom. The molecule has 0 aromatic heterocycles. The zero-order chi connectivity index (χ0) is 15.7. The minimum absolute atomic E-state index is 0.0694. The lowest BCUT2D eigenvalue weighted by molar-refractivity contribution is -0.125. The van der Waals surface area contributed by atoms with E-state index in [2.05, 4.69) is 5.32 Å². The topological polar surface area (TPSA) is 55.4 Å². The SMILES string of the molecule is O=C1OC(C(=O)Nc2cccc(F)c2)Cc2cc(F)ccc21. The minimum atomic E-state index is -1.08. The van der Waals surface area contributed by atoms with Crippen LogP contribution in [0.4, 0.5) is 14.5 Å². The van der Waals surface area contributed by atoms with Crippen molar-refractivity contribution in [2.45, 2.75) is 12.5 Å². The van der Waals surface area contributed by atoms with E-state index in [9.17, 15) is 18.4 Å². The van der Waals surface area contributed by atoms with Crippen LogP contribution < -0.4 is 5.32 Å². The van der Waals surface area contributed by atoms with E-state index < -0.39 is 29.6 Å². The number of hydrogen-bond donors (Lipinski definition) is 1. The summed E-state index contributed by atoms with van der Waals surface area (Å²) < 4.78 is 31.4. The summed E-state index contributed by atoms with van der Waals surface area (Å²) in [6.07, 6.45) is -1.01. The Hall–Kier alpha value is -2.76. The van der Waals surface area contributed by atoms with Gasteiger partial charge in [0.25, 0.3) is 5.91 Å². The van der Waals surface area contributed by atoms with Crippen LogP contribution in [-0.4, -0.2) is 18.0 Å². The first kappa shape index (κ1) is 14.2. The van der Waals surface area contributed by atoms with Crippen molar-refractivity contribution in [2.24, 2.45) is 0 Å². The monoisotopic (exact) mass is 303 g/mol. The fraction of sp³-hybridized carbons (Fsp3) is 0.125. The van der Waals surface area contributed by atoms with Crippen LogP contribution in [0.5, 0.6) is 0 Å². The van der Waals surface area contributed by atoms with Crippen LogP contribution >= 0.6 is 0 Å². The van der Waals surface area contributed by atoms with E-state index in [0.29, 0.717) is 5.56 Å². The van der Waals surface area contributed by atoms with Gasteiger partial charge in [-0.2, -0.15) is 0 Å². The van der Waals surface area contributed by atoms with Gasteiger partial charge in [-0.1, -0.05) is 6.07 Å². The molecule has 2 aromatic rings. The molecule has 1 aliphatic rings. The van der Waals surface area contributed by atoms with E-state index in [1.54, 1.807) is 0 Å². The fourth-order valence-electron chi connectivity index (χ4n) is 2.30. The number of halogens is 2. The van der Waals surface area contributed by atoms with Gasteiger partial charge in [0, 0.05) is 12.1 Å². The van der Waals surface area contributed by atoms with Gasteiger partial charge in [0.1, 0.15) is 11.6 Å². The molecule has 112 valence electrons. The lowest BCUT2D eigenvalue weighted by atomic mass is 9.98. The maximum atomic E-state index is 13.2. The number of cyclic esters (lactones) is 1. The summed E-state index contributed by atoms with van der Waals surface area (Å²) >= 11 is 0.